The molecule has 3 rings (SSSR count). The SMILES string of the molecule is CCCNC(=O)C(Cc1ccccc1)N(Cc1c(Cl)cccc1Cl)C(=O)CSCc1ccccc1C. The van der Waals surface area contributed by atoms with E-state index in [9.17, 15) is 9.59 Å². The molecule has 0 aliphatic carbocycles. The van der Waals surface area contributed by atoms with Gasteiger partial charge in [0.15, 0.2) is 0 Å². The lowest BCUT2D eigenvalue weighted by Gasteiger charge is -2.32. The molecule has 190 valence electrons. The molecule has 0 saturated carbocycles. The first-order valence-corrected chi connectivity index (χ1v) is 14.0. The van der Waals surface area contributed by atoms with Gasteiger partial charge in [0.1, 0.15) is 6.04 Å². The molecule has 7 heteroatoms. The Bertz CT molecular complexity index is 1140. The molecule has 3 aromatic carbocycles. The van der Waals surface area contributed by atoms with Crippen LogP contribution in [0.3, 0.4) is 0 Å². The van der Waals surface area contributed by atoms with E-state index >= 15 is 0 Å². The highest BCUT2D eigenvalue weighted by molar-refractivity contribution is 7.99. The van der Waals surface area contributed by atoms with Crippen molar-refractivity contribution in [3.05, 3.63) is 105 Å². The fraction of sp³-hybridized carbons (Fsp3) is 0.310. The van der Waals surface area contributed by atoms with Crippen molar-refractivity contribution >= 4 is 46.8 Å². The Morgan fingerprint density at radius 2 is 1.61 bits per heavy atom. The van der Waals surface area contributed by atoms with E-state index in [-0.39, 0.29) is 24.1 Å². The lowest BCUT2D eigenvalue weighted by Crippen LogP contribution is -2.51. The molecule has 4 nitrogen and oxygen atoms in total. The predicted octanol–water partition coefficient (Wildman–Crippen LogP) is 6.70. The van der Waals surface area contributed by atoms with Gasteiger partial charge in [-0.2, -0.15) is 0 Å². The fourth-order valence-electron chi connectivity index (χ4n) is 3.88. The van der Waals surface area contributed by atoms with Crippen LogP contribution in [0.4, 0.5) is 0 Å². The first-order chi connectivity index (χ1) is 17.4. The number of benzene rings is 3. The highest BCUT2D eigenvalue weighted by Gasteiger charge is 2.31. The molecule has 0 saturated heterocycles. The summed E-state index contributed by atoms with van der Waals surface area (Å²) < 4.78 is 0. The number of aryl methyl sites for hydroxylation is 1. The van der Waals surface area contributed by atoms with Gasteiger partial charge in [0, 0.05) is 40.9 Å². The van der Waals surface area contributed by atoms with Crippen molar-refractivity contribution in [2.24, 2.45) is 0 Å². The second kappa shape index (κ2) is 14.3. The summed E-state index contributed by atoms with van der Waals surface area (Å²) in [5.41, 5.74) is 4.00. The van der Waals surface area contributed by atoms with Crippen molar-refractivity contribution in [1.82, 2.24) is 10.2 Å². The Balaban J connectivity index is 1.89. The molecule has 0 aliphatic heterocycles. The van der Waals surface area contributed by atoms with Gasteiger partial charge in [0.2, 0.25) is 11.8 Å². The lowest BCUT2D eigenvalue weighted by molar-refractivity contribution is -0.139. The summed E-state index contributed by atoms with van der Waals surface area (Å²) in [4.78, 5) is 28.7. The Kier molecular flexibility index (Phi) is 11.2. The third kappa shape index (κ3) is 8.02. The number of nitrogens with one attached hydrogen (secondary N) is 1. The zero-order valence-corrected chi connectivity index (χ0v) is 23.0. The highest BCUT2D eigenvalue weighted by Crippen LogP contribution is 2.28. The standard InChI is InChI=1S/C29H32Cl2N2O2S/c1-3-16-32-29(35)27(17-22-11-5-4-6-12-22)33(18-24-25(30)14-9-15-26(24)31)28(34)20-36-19-23-13-8-7-10-21(23)2/h4-15,27H,3,16-20H2,1-2H3,(H,32,35). The number of carbonyl (C=O) groups is 2. The van der Waals surface area contributed by atoms with E-state index in [2.05, 4.69) is 24.4 Å². The minimum Gasteiger partial charge on any atom is -0.354 e. The molecule has 1 unspecified atom stereocenters. The number of halogens is 2. The zero-order chi connectivity index (χ0) is 25.9. The van der Waals surface area contributed by atoms with E-state index in [1.54, 1.807) is 34.9 Å². The topological polar surface area (TPSA) is 49.4 Å². The van der Waals surface area contributed by atoms with Crippen LogP contribution in [0.5, 0.6) is 0 Å². The minimum absolute atomic E-state index is 0.128. The summed E-state index contributed by atoms with van der Waals surface area (Å²) in [6.07, 6.45) is 1.20. The molecule has 0 fully saturated rings. The van der Waals surface area contributed by atoms with E-state index < -0.39 is 6.04 Å². The molecule has 2 amide bonds. The second-order valence-corrected chi connectivity index (χ2v) is 10.4. The summed E-state index contributed by atoms with van der Waals surface area (Å²) in [5, 5.41) is 3.93. The summed E-state index contributed by atoms with van der Waals surface area (Å²) >= 11 is 14.5. The molecule has 3 aromatic rings. The van der Waals surface area contributed by atoms with Crippen LogP contribution >= 0.6 is 35.0 Å². The van der Waals surface area contributed by atoms with Crippen molar-refractivity contribution < 1.29 is 9.59 Å². The molecule has 0 heterocycles. The van der Waals surface area contributed by atoms with Crippen LogP contribution in [-0.4, -0.2) is 35.1 Å². The molecule has 0 spiro atoms. The number of hydrogen-bond acceptors (Lipinski definition) is 3. The van der Waals surface area contributed by atoms with Crippen LogP contribution in [0.15, 0.2) is 72.8 Å². The van der Waals surface area contributed by atoms with Gasteiger partial charge in [0.25, 0.3) is 0 Å². The average Bonchev–Trinajstić information content (AvgIpc) is 2.88. The summed E-state index contributed by atoms with van der Waals surface area (Å²) in [5.74, 6) is 0.644. The van der Waals surface area contributed by atoms with E-state index in [0.29, 0.717) is 34.3 Å². The van der Waals surface area contributed by atoms with Crippen molar-refractivity contribution in [1.29, 1.82) is 0 Å². The van der Waals surface area contributed by atoms with E-state index in [4.69, 9.17) is 23.2 Å². The third-order valence-electron chi connectivity index (χ3n) is 5.95. The minimum atomic E-state index is -0.696. The van der Waals surface area contributed by atoms with Crippen LogP contribution in [0.1, 0.15) is 35.6 Å². The van der Waals surface area contributed by atoms with Crippen molar-refractivity contribution in [2.75, 3.05) is 12.3 Å². The molecule has 1 N–H and O–H groups in total. The van der Waals surface area contributed by atoms with Gasteiger partial charge in [-0.25, -0.2) is 0 Å². The molecule has 0 aromatic heterocycles. The van der Waals surface area contributed by atoms with Gasteiger partial charge in [-0.3, -0.25) is 9.59 Å². The molecule has 0 radical (unpaired) electrons. The van der Waals surface area contributed by atoms with E-state index in [1.165, 1.54) is 11.1 Å². The average molecular weight is 544 g/mol. The van der Waals surface area contributed by atoms with Gasteiger partial charge in [-0.05, 0) is 42.2 Å². The second-order valence-electron chi connectivity index (χ2n) is 8.64. The molecular weight excluding hydrogens is 511 g/mol. The Labute approximate surface area is 228 Å². The van der Waals surface area contributed by atoms with Gasteiger partial charge < -0.3 is 10.2 Å². The van der Waals surface area contributed by atoms with Gasteiger partial charge in [-0.1, -0.05) is 90.8 Å². The zero-order valence-electron chi connectivity index (χ0n) is 20.7. The number of hydrogen-bond donors (Lipinski definition) is 1. The smallest absolute Gasteiger partial charge is 0.243 e. The van der Waals surface area contributed by atoms with Crippen LogP contribution in [-0.2, 0) is 28.3 Å². The molecule has 0 aliphatic rings. The van der Waals surface area contributed by atoms with E-state index in [0.717, 1.165) is 12.0 Å². The van der Waals surface area contributed by atoms with Gasteiger partial charge >= 0.3 is 0 Å². The maximum atomic E-state index is 13.7. The largest absolute Gasteiger partial charge is 0.354 e. The monoisotopic (exact) mass is 542 g/mol. The summed E-state index contributed by atoms with van der Waals surface area (Å²) in [6, 6.07) is 22.5. The molecule has 0 bridgehead atoms. The number of rotatable bonds is 12. The predicted molar refractivity (Wildman–Crippen MR) is 152 cm³/mol. The van der Waals surface area contributed by atoms with Gasteiger partial charge in [-0.15, -0.1) is 11.8 Å². The fourth-order valence-corrected chi connectivity index (χ4v) is 5.38. The number of thioether (sulfide) groups is 1. The van der Waals surface area contributed by atoms with Crippen LogP contribution in [0.2, 0.25) is 10.0 Å². The van der Waals surface area contributed by atoms with Crippen molar-refractivity contribution in [3.8, 4) is 0 Å². The maximum Gasteiger partial charge on any atom is 0.243 e. The first-order valence-electron chi connectivity index (χ1n) is 12.1. The lowest BCUT2D eigenvalue weighted by atomic mass is 10.0. The number of carbonyl (C=O) groups excluding carboxylic acids is 2. The van der Waals surface area contributed by atoms with Gasteiger partial charge in [0.05, 0.1) is 5.75 Å². The highest BCUT2D eigenvalue weighted by atomic mass is 35.5. The quantitative estimate of drug-likeness (QED) is 0.277. The first kappa shape index (κ1) is 28.1. The van der Waals surface area contributed by atoms with Crippen molar-refractivity contribution in [2.45, 2.75) is 45.0 Å². The van der Waals surface area contributed by atoms with Crippen LogP contribution in [0.25, 0.3) is 0 Å². The van der Waals surface area contributed by atoms with Crippen molar-refractivity contribution in [3.63, 3.8) is 0 Å². The normalized spacial score (nSPS) is 11.7. The van der Waals surface area contributed by atoms with Crippen LogP contribution in [0, 0.1) is 6.92 Å². The maximum absolute atomic E-state index is 13.7. The number of nitrogens with zero attached hydrogens (tertiary/aromatic N) is 1. The Morgan fingerprint density at radius 3 is 2.28 bits per heavy atom. The Morgan fingerprint density at radius 1 is 0.944 bits per heavy atom. The number of amides is 2. The Hall–Kier alpha value is -2.47. The molecule has 36 heavy (non-hydrogen) atoms. The van der Waals surface area contributed by atoms with Crippen LogP contribution < -0.4 is 5.32 Å². The molecular formula is C29H32Cl2N2O2S. The third-order valence-corrected chi connectivity index (χ3v) is 7.63. The molecule has 1 atom stereocenters. The summed E-state index contributed by atoms with van der Waals surface area (Å²) in [6.45, 7) is 4.76. The summed E-state index contributed by atoms with van der Waals surface area (Å²) in [7, 11) is 0. The van der Waals surface area contributed by atoms with E-state index in [1.807, 2.05) is 49.4 Å².